The number of hydrogen-bond acceptors (Lipinski definition) is 4. The molecule has 1 spiro atoms. The lowest BCUT2D eigenvalue weighted by atomic mass is 9.80. The van der Waals surface area contributed by atoms with E-state index in [1.807, 2.05) is 4.90 Å². The maximum Gasteiger partial charge on any atom is 0.236 e. The fourth-order valence-electron chi connectivity index (χ4n) is 5.01. The van der Waals surface area contributed by atoms with Gasteiger partial charge in [-0.15, -0.1) is 0 Å². The molecule has 0 saturated carbocycles. The molecule has 1 aromatic carbocycles. The number of fused-ring (bicyclic) bond motifs is 1. The Morgan fingerprint density at radius 2 is 2.12 bits per heavy atom. The van der Waals surface area contributed by atoms with Crippen molar-refractivity contribution >= 4 is 5.91 Å². The van der Waals surface area contributed by atoms with Crippen LogP contribution in [0.5, 0.6) is 0 Å². The molecular weight excluding hydrogens is 312 g/mol. The molecule has 5 nitrogen and oxygen atoms in total. The summed E-state index contributed by atoms with van der Waals surface area (Å²) in [6.07, 6.45) is 3.55. The molecule has 25 heavy (non-hydrogen) atoms. The Kier molecular flexibility index (Phi) is 4.80. The number of rotatable bonds is 3. The molecule has 3 aliphatic heterocycles. The number of nitrogens with one attached hydrogen (secondary N) is 1. The van der Waals surface area contributed by atoms with Gasteiger partial charge in [-0.3, -0.25) is 4.79 Å². The summed E-state index contributed by atoms with van der Waals surface area (Å²) >= 11 is 0. The molecule has 0 aromatic heterocycles. The van der Waals surface area contributed by atoms with Gasteiger partial charge in [0.05, 0.1) is 6.54 Å². The summed E-state index contributed by atoms with van der Waals surface area (Å²) in [5.74, 6) is 0.865. The minimum atomic E-state index is 0.0783. The van der Waals surface area contributed by atoms with Crippen LogP contribution in [0, 0.1) is 11.3 Å². The minimum absolute atomic E-state index is 0.0783. The first-order valence-electron chi connectivity index (χ1n) is 9.65. The van der Waals surface area contributed by atoms with Crippen LogP contribution in [-0.2, 0) is 17.8 Å². The van der Waals surface area contributed by atoms with Gasteiger partial charge in [0.2, 0.25) is 5.91 Å². The number of carbonyl (C=O) groups is 1. The number of benzene rings is 1. The van der Waals surface area contributed by atoms with Crippen molar-refractivity contribution in [2.24, 2.45) is 17.1 Å². The third-order valence-corrected chi connectivity index (χ3v) is 6.29. The van der Waals surface area contributed by atoms with E-state index < -0.39 is 0 Å². The highest BCUT2D eigenvalue weighted by atomic mass is 16.2. The van der Waals surface area contributed by atoms with E-state index in [0.29, 0.717) is 6.54 Å². The summed E-state index contributed by atoms with van der Waals surface area (Å²) in [7, 11) is 0. The van der Waals surface area contributed by atoms with Gasteiger partial charge in [0.25, 0.3) is 0 Å². The zero-order valence-corrected chi connectivity index (χ0v) is 15.0. The molecule has 2 unspecified atom stereocenters. The molecule has 2 saturated heterocycles. The molecule has 1 aromatic rings. The molecule has 1 amide bonds. The second kappa shape index (κ2) is 7.06. The second-order valence-corrected chi connectivity index (χ2v) is 8.24. The van der Waals surface area contributed by atoms with Gasteiger partial charge in [-0.25, -0.2) is 0 Å². The van der Waals surface area contributed by atoms with Crippen molar-refractivity contribution in [3.8, 4) is 0 Å². The minimum Gasteiger partial charge on any atom is -0.337 e. The number of nitrogens with zero attached hydrogens (tertiary/aromatic N) is 2. The van der Waals surface area contributed by atoms with Crippen molar-refractivity contribution < 1.29 is 4.79 Å². The SMILES string of the molecule is NCC(=O)N1Cc2ccccc2CC2(CCN(CC3CCNC3)C2)C1. The van der Waals surface area contributed by atoms with Crippen molar-refractivity contribution in [2.75, 3.05) is 45.8 Å². The summed E-state index contributed by atoms with van der Waals surface area (Å²) in [4.78, 5) is 17.1. The highest BCUT2D eigenvalue weighted by Crippen LogP contribution is 2.39. The number of likely N-dealkylation sites (tertiary alicyclic amines) is 1. The maximum atomic E-state index is 12.4. The van der Waals surface area contributed by atoms with E-state index in [4.69, 9.17) is 5.73 Å². The van der Waals surface area contributed by atoms with Gasteiger partial charge in [0, 0.05) is 31.6 Å². The first kappa shape index (κ1) is 17.0. The number of carbonyl (C=O) groups excluding carboxylic acids is 1. The fourth-order valence-corrected chi connectivity index (χ4v) is 5.01. The Morgan fingerprint density at radius 1 is 1.28 bits per heavy atom. The van der Waals surface area contributed by atoms with Gasteiger partial charge >= 0.3 is 0 Å². The van der Waals surface area contributed by atoms with Crippen molar-refractivity contribution in [1.29, 1.82) is 0 Å². The van der Waals surface area contributed by atoms with Crippen LogP contribution in [0.25, 0.3) is 0 Å². The number of nitrogens with two attached hydrogens (primary N) is 1. The van der Waals surface area contributed by atoms with Gasteiger partial charge < -0.3 is 20.9 Å². The van der Waals surface area contributed by atoms with E-state index in [-0.39, 0.29) is 17.9 Å². The Hall–Kier alpha value is -1.43. The normalized spacial score (nSPS) is 29.8. The van der Waals surface area contributed by atoms with Crippen LogP contribution >= 0.6 is 0 Å². The van der Waals surface area contributed by atoms with E-state index in [1.54, 1.807) is 0 Å². The Bertz CT molecular complexity index is 628. The highest BCUT2D eigenvalue weighted by molar-refractivity contribution is 5.78. The van der Waals surface area contributed by atoms with Gasteiger partial charge in [0.15, 0.2) is 0 Å². The van der Waals surface area contributed by atoms with Crippen LogP contribution < -0.4 is 11.1 Å². The van der Waals surface area contributed by atoms with Crippen LogP contribution in [0.4, 0.5) is 0 Å². The fraction of sp³-hybridized carbons (Fsp3) is 0.650. The molecule has 2 fully saturated rings. The number of amides is 1. The monoisotopic (exact) mass is 342 g/mol. The summed E-state index contributed by atoms with van der Waals surface area (Å²) in [6.45, 7) is 7.43. The van der Waals surface area contributed by atoms with Crippen molar-refractivity contribution in [2.45, 2.75) is 25.8 Å². The molecular formula is C20H30N4O. The van der Waals surface area contributed by atoms with E-state index in [1.165, 1.54) is 30.5 Å². The smallest absolute Gasteiger partial charge is 0.236 e. The lowest BCUT2D eigenvalue weighted by Crippen LogP contribution is -2.44. The quantitative estimate of drug-likeness (QED) is 0.854. The van der Waals surface area contributed by atoms with Crippen LogP contribution in [0.1, 0.15) is 24.0 Å². The zero-order valence-electron chi connectivity index (χ0n) is 15.0. The van der Waals surface area contributed by atoms with Crippen molar-refractivity contribution in [1.82, 2.24) is 15.1 Å². The van der Waals surface area contributed by atoms with E-state index in [2.05, 4.69) is 34.5 Å². The first-order valence-corrected chi connectivity index (χ1v) is 9.65. The summed E-state index contributed by atoms with van der Waals surface area (Å²) in [6, 6.07) is 8.62. The zero-order chi connectivity index (χ0) is 17.3. The molecule has 5 heteroatoms. The molecule has 3 N–H and O–H groups in total. The average molecular weight is 342 g/mol. The third-order valence-electron chi connectivity index (χ3n) is 6.29. The van der Waals surface area contributed by atoms with Crippen LogP contribution in [0.15, 0.2) is 24.3 Å². The average Bonchev–Trinajstić information content (AvgIpc) is 3.22. The predicted molar refractivity (Wildman–Crippen MR) is 99.1 cm³/mol. The Balaban J connectivity index is 1.54. The molecule has 3 aliphatic rings. The van der Waals surface area contributed by atoms with Gasteiger partial charge in [-0.2, -0.15) is 0 Å². The molecule has 3 heterocycles. The topological polar surface area (TPSA) is 61.6 Å². The van der Waals surface area contributed by atoms with Gasteiger partial charge in [-0.05, 0) is 55.9 Å². The predicted octanol–water partition coefficient (Wildman–Crippen LogP) is 0.832. The third kappa shape index (κ3) is 3.59. The second-order valence-electron chi connectivity index (χ2n) is 8.24. The highest BCUT2D eigenvalue weighted by Gasteiger charge is 2.42. The van der Waals surface area contributed by atoms with Gasteiger partial charge in [0.1, 0.15) is 0 Å². The first-order chi connectivity index (χ1) is 12.2. The lowest BCUT2D eigenvalue weighted by molar-refractivity contribution is -0.131. The molecule has 0 radical (unpaired) electrons. The standard InChI is InChI=1S/C20H30N4O/c21-10-19(25)24-13-18-4-2-1-3-17(18)9-20(15-24)6-8-23(14-20)12-16-5-7-22-11-16/h1-4,16,22H,5-15,21H2. The molecule has 2 atom stereocenters. The van der Waals surface area contributed by atoms with E-state index in [9.17, 15) is 4.79 Å². The molecule has 0 bridgehead atoms. The molecule has 4 rings (SSSR count). The van der Waals surface area contributed by atoms with Crippen LogP contribution in [-0.4, -0.2) is 61.5 Å². The van der Waals surface area contributed by atoms with Crippen molar-refractivity contribution in [3.63, 3.8) is 0 Å². The largest absolute Gasteiger partial charge is 0.337 e. The number of hydrogen-bond donors (Lipinski definition) is 2. The Labute approximate surface area is 150 Å². The molecule has 136 valence electrons. The van der Waals surface area contributed by atoms with E-state index in [0.717, 1.165) is 45.1 Å². The lowest BCUT2D eigenvalue weighted by Gasteiger charge is -2.33. The Morgan fingerprint density at radius 3 is 2.88 bits per heavy atom. The van der Waals surface area contributed by atoms with Crippen LogP contribution in [0.3, 0.4) is 0 Å². The summed E-state index contributed by atoms with van der Waals surface area (Å²) in [5.41, 5.74) is 8.58. The van der Waals surface area contributed by atoms with Crippen molar-refractivity contribution in [3.05, 3.63) is 35.4 Å². The summed E-state index contributed by atoms with van der Waals surface area (Å²) in [5, 5.41) is 3.48. The maximum absolute atomic E-state index is 12.4. The van der Waals surface area contributed by atoms with Gasteiger partial charge in [-0.1, -0.05) is 24.3 Å². The van der Waals surface area contributed by atoms with Crippen LogP contribution in [0.2, 0.25) is 0 Å². The molecule has 0 aliphatic carbocycles. The summed E-state index contributed by atoms with van der Waals surface area (Å²) < 4.78 is 0. The van der Waals surface area contributed by atoms with E-state index >= 15 is 0 Å².